The van der Waals surface area contributed by atoms with E-state index >= 15 is 0 Å². The van der Waals surface area contributed by atoms with Crippen LogP contribution in [-0.4, -0.2) is 5.38 Å². The van der Waals surface area contributed by atoms with Crippen LogP contribution in [0.2, 0.25) is 0 Å². The number of benzene rings is 1. The lowest BCUT2D eigenvalue weighted by Gasteiger charge is -2.29. The molecule has 0 aliphatic heterocycles. The molecule has 2 unspecified atom stereocenters. The fourth-order valence-electron chi connectivity index (χ4n) is 1.80. The fourth-order valence-corrected chi connectivity index (χ4v) is 2.25. The Morgan fingerprint density at radius 2 is 1.65 bits per heavy atom. The van der Waals surface area contributed by atoms with E-state index in [1.165, 1.54) is 11.1 Å². The number of aryl methyl sites for hydroxylation is 1. The maximum atomic E-state index is 6.46. The summed E-state index contributed by atoms with van der Waals surface area (Å²) in [6.07, 6.45) is 2.06. The normalized spacial score (nSPS) is 15.6. The van der Waals surface area contributed by atoms with Crippen molar-refractivity contribution in [3.8, 4) is 0 Å². The first-order valence-electron chi connectivity index (χ1n) is 6.48. The topological polar surface area (TPSA) is 0 Å². The summed E-state index contributed by atoms with van der Waals surface area (Å²) in [7, 11) is 0. The third kappa shape index (κ3) is 5.12. The molecule has 0 heterocycles. The molecule has 17 heavy (non-hydrogen) atoms. The third-order valence-corrected chi connectivity index (χ3v) is 4.00. The Kier molecular flexibility index (Phi) is 5.06. The first-order chi connectivity index (χ1) is 7.79. The molecule has 1 heteroatoms. The second kappa shape index (κ2) is 5.91. The first kappa shape index (κ1) is 14.6. The number of alkyl halides is 1. The molecule has 96 valence electrons. The summed E-state index contributed by atoms with van der Waals surface area (Å²) in [5.74, 6) is 0.649. The van der Waals surface area contributed by atoms with E-state index in [4.69, 9.17) is 11.6 Å². The Morgan fingerprint density at radius 3 is 2.12 bits per heavy atom. The molecule has 0 N–H and O–H groups in total. The van der Waals surface area contributed by atoms with Gasteiger partial charge in [-0.2, -0.15) is 0 Å². The van der Waals surface area contributed by atoms with Crippen molar-refractivity contribution in [2.45, 2.75) is 52.8 Å². The lowest BCUT2D eigenvalue weighted by molar-refractivity contribution is 0.244. The van der Waals surface area contributed by atoms with E-state index < -0.39 is 0 Å². The molecule has 0 spiro atoms. The van der Waals surface area contributed by atoms with E-state index in [1.807, 2.05) is 0 Å². The largest absolute Gasteiger partial charge is 0.123 e. The highest BCUT2D eigenvalue weighted by atomic mass is 35.5. The van der Waals surface area contributed by atoms with Gasteiger partial charge in [-0.15, -0.1) is 11.6 Å². The zero-order valence-electron chi connectivity index (χ0n) is 11.8. The Hall–Kier alpha value is -0.490. The number of hydrogen-bond donors (Lipinski definition) is 0. The van der Waals surface area contributed by atoms with Crippen LogP contribution in [0.1, 0.15) is 45.2 Å². The van der Waals surface area contributed by atoms with Crippen LogP contribution in [0.15, 0.2) is 24.3 Å². The van der Waals surface area contributed by atoms with Crippen molar-refractivity contribution in [1.82, 2.24) is 0 Å². The van der Waals surface area contributed by atoms with Crippen LogP contribution < -0.4 is 0 Å². The van der Waals surface area contributed by atoms with Gasteiger partial charge in [-0.25, -0.2) is 0 Å². The summed E-state index contributed by atoms with van der Waals surface area (Å²) in [5, 5.41) is 0.243. The molecule has 2 atom stereocenters. The smallest absolute Gasteiger partial charge is 0.0379 e. The van der Waals surface area contributed by atoms with Gasteiger partial charge < -0.3 is 0 Å². The molecular weight excluding hydrogens is 228 g/mol. The summed E-state index contributed by atoms with van der Waals surface area (Å²) in [6, 6.07) is 8.69. The molecule has 0 aliphatic rings. The van der Waals surface area contributed by atoms with Gasteiger partial charge in [0, 0.05) is 5.38 Å². The van der Waals surface area contributed by atoms with E-state index in [2.05, 4.69) is 58.9 Å². The van der Waals surface area contributed by atoms with E-state index in [1.54, 1.807) is 0 Å². The standard InChI is InChI=1S/C16H25Cl/c1-12-6-8-14(9-7-12)11-15(17)10-13(2)16(3,4)5/h6-9,13,15H,10-11H2,1-5H3. The highest BCUT2D eigenvalue weighted by molar-refractivity contribution is 6.20. The van der Waals surface area contributed by atoms with Crippen LogP contribution >= 0.6 is 11.6 Å². The molecule has 0 nitrogen and oxygen atoms in total. The molecule has 0 saturated heterocycles. The first-order valence-corrected chi connectivity index (χ1v) is 6.92. The van der Waals surface area contributed by atoms with E-state index in [0.717, 1.165) is 12.8 Å². The summed E-state index contributed by atoms with van der Waals surface area (Å²) >= 11 is 6.46. The van der Waals surface area contributed by atoms with Crippen LogP contribution in [0, 0.1) is 18.3 Å². The SMILES string of the molecule is Cc1ccc(CC(Cl)CC(C)C(C)(C)C)cc1. The van der Waals surface area contributed by atoms with Gasteiger partial charge in [0.15, 0.2) is 0 Å². The molecule has 0 amide bonds. The molecule has 1 aromatic carbocycles. The van der Waals surface area contributed by atoms with E-state index in [9.17, 15) is 0 Å². The minimum atomic E-state index is 0.243. The average Bonchev–Trinajstić information content (AvgIpc) is 2.20. The van der Waals surface area contributed by atoms with Gasteiger partial charge in [-0.05, 0) is 36.7 Å². The van der Waals surface area contributed by atoms with Gasteiger partial charge >= 0.3 is 0 Å². The number of hydrogen-bond acceptors (Lipinski definition) is 0. The van der Waals surface area contributed by atoms with Gasteiger partial charge in [0.2, 0.25) is 0 Å². The quantitative estimate of drug-likeness (QED) is 0.645. The van der Waals surface area contributed by atoms with Crippen molar-refractivity contribution in [2.24, 2.45) is 11.3 Å². The van der Waals surface area contributed by atoms with Crippen LogP contribution in [0.4, 0.5) is 0 Å². The van der Waals surface area contributed by atoms with Crippen molar-refractivity contribution in [2.75, 3.05) is 0 Å². The van der Waals surface area contributed by atoms with Crippen molar-refractivity contribution >= 4 is 11.6 Å². The van der Waals surface area contributed by atoms with Gasteiger partial charge in [0.1, 0.15) is 0 Å². The maximum Gasteiger partial charge on any atom is 0.0379 e. The summed E-state index contributed by atoms with van der Waals surface area (Å²) in [4.78, 5) is 0. The number of halogens is 1. The van der Waals surface area contributed by atoms with Gasteiger partial charge in [0.25, 0.3) is 0 Å². The van der Waals surface area contributed by atoms with E-state index in [0.29, 0.717) is 11.3 Å². The van der Waals surface area contributed by atoms with E-state index in [-0.39, 0.29) is 5.38 Å². The van der Waals surface area contributed by atoms with Gasteiger partial charge in [-0.1, -0.05) is 57.5 Å². The Morgan fingerprint density at radius 1 is 1.12 bits per heavy atom. The number of rotatable bonds is 4. The Labute approximate surface area is 111 Å². The zero-order valence-corrected chi connectivity index (χ0v) is 12.5. The fraction of sp³-hybridized carbons (Fsp3) is 0.625. The molecule has 1 rings (SSSR count). The van der Waals surface area contributed by atoms with Gasteiger partial charge in [-0.3, -0.25) is 0 Å². The lowest BCUT2D eigenvalue weighted by Crippen LogP contribution is -2.21. The van der Waals surface area contributed by atoms with Gasteiger partial charge in [0.05, 0.1) is 0 Å². The Bertz CT molecular complexity index is 332. The Balaban J connectivity index is 2.50. The van der Waals surface area contributed by atoms with Crippen molar-refractivity contribution < 1.29 is 0 Å². The van der Waals surface area contributed by atoms with Crippen molar-refractivity contribution in [1.29, 1.82) is 0 Å². The maximum absolute atomic E-state index is 6.46. The van der Waals surface area contributed by atoms with Crippen molar-refractivity contribution in [3.05, 3.63) is 35.4 Å². The third-order valence-electron chi connectivity index (χ3n) is 3.67. The lowest BCUT2D eigenvalue weighted by atomic mass is 9.79. The monoisotopic (exact) mass is 252 g/mol. The minimum Gasteiger partial charge on any atom is -0.123 e. The zero-order chi connectivity index (χ0) is 13.1. The second-order valence-electron chi connectivity index (χ2n) is 6.29. The molecule has 0 radical (unpaired) electrons. The second-order valence-corrected chi connectivity index (χ2v) is 6.91. The molecule has 0 bridgehead atoms. The summed E-state index contributed by atoms with van der Waals surface area (Å²) in [6.45, 7) is 11.3. The summed E-state index contributed by atoms with van der Waals surface area (Å²) in [5.41, 5.74) is 3.00. The molecule has 0 aliphatic carbocycles. The molecule has 0 fully saturated rings. The molecule has 1 aromatic rings. The van der Waals surface area contributed by atoms with Crippen LogP contribution in [0.25, 0.3) is 0 Å². The van der Waals surface area contributed by atoms with Crippen LogP contribution in [0.3, 0.4) is 0 Å². The van der Waals surface area contributed by atoms with Crippen molar-refractivity contribution in [3.63, 3.8) is 0 Å². The predicted molar refractivity (Wildman–Crippen MR) is 77.8 cm³/mol. The van der Waals surface area contributed by atoms with Crippen LogP contribution in [0.5, 0.6) is 0 Å². The molecular formula is C16H25Cl. The highest BCUT2D eigenvalue weighted by Crippen LogP contribution is 2.31. The molecule has 0 aromatic heterocycles. The minimum absolute atomic E-state index is 0.243. The average molecular weight is 253 g/mol. The summed E-state index contributed by atoms with van der Waals surface area (Å²) < 4.78 is 0. The molecule has 0 saturated carbocycles. The van der Waals surface area contributed by atoms with Crippen LogP contribution in [-0.2, 0) is 6.42 Å². The predicted octanol–water partition coefficient (Wildman–Crippen LogP) is 5.22. The highest BCUT2D eigenvalue weighted by Gasteiger charge is 2.22.